The zero-order valence-electron chi connectivity index (χ0n) is 12.0. The molecule has 0 saturated carbocycles. The molecule has 2 N–H and O–H groups in total. The van der Waals surface area contributed by atoms with E-state index in [0.717, 1.165) is 29.3 Å². The molecule has 0 aliphatic carbocycles. The molecular weight excluding hydrogens is 256 g/mol. The van der Waals surface area contributed by atoms with Crippen molar-refractivity contribution in [3.05, 3.63) is 35.4 Å². The van der Waals surface area contributed by atoms with Gasteiger partial charge in [-0.3, -0.25) is 0 Å². The van der Waals surface area contributed by atoms with Gasteiger partial charge in [0.2, 0.25) is 0 Å². The first-order valence-corrected chi connectivity index (χ1v) is 6.54. The first-order valence-electron chi connectivity index (χ1n) is 6.54. The fourth-order valence-corrected chi connectivity index (χ4v) is 1.65. The van der Waals surface area contributed by atoms with Crippen LogP contribution in [-0.4, -0.2) is 35.6 Å². The van der Waals surface area contributed by atoms with E-state index < -0.39 is 5.97 Å². The summed E-state index contributed by atoms with van der Waals surface area (Å²) in [6, 6.07) is 5.29. The Hall–Kier alpha value is -2.30. The van der Waals surface area contributed by atoms with E-state index >= 15 is 0 Å². The highest BCUT2D eigenvalue weighted by Crippen LogP contribution is 2.19. The Kier molecular flexibility index (Phi) is 5.77. The Bertz CT molecular complexity index is 524. The number of aryl methyl sites for hydroxylation is 1. The maximum atomic E-state index is 11.8. The van der Waals surface area contributed by atoms with E-state index in [4.69, 9.17) is 5.11 Å². The Morgan fingerprint density at radius 2 is 2.05 bits per heavy atom. The monoisotopic (exact) mass is 276 g/mol. The minimum Gasteiger partial charge on any atom is -0.478 e. The third-order valence-electron chi connectivity index (χ3n) is 2.99. The van der Waals surface area contributed by atoms with E-state index in [9.17, 15) is 9.59 Å². The fraction of sp³-hybridized carbons (Fsp3) is 0.333. The summed E-state index contributed by atoms with van der Waals surface area (Å²) in [7, 11) is 1.73. The summed E-state index contributed by atoms with van der Waals surface area (Å²) < 4.78 is 0. The van der Waals surface area contributed by atoms with Crippen molar-refractivity contribution >= 4 is 23.8 Å². The van der Waals surface area contributed by atoms with E-state index in [2.05, 4.69) is 5.32 Å². The van der Waals surface area contributed by atoms with Gasteiger partial charge in [0.15, 0.2) is 0 Å². The first-order chi connectivity index (χ1) is 9.47. The molecule has 0 atom stereocenters. The van der Waals surface area contributed by atoms with Gasteiger partial charge in [-0.1, -0.05) is 13.0 Å². The van der Waals surface area contributed by atoms with Crippen molar-refractivity contribution in [2.75, 3.05) is 18.9 Å². The van der Waals surface area contributed by atoms with Crippen molar-refractivity contribution in [2.24, 2.45) is 0 Å². The van der Waals surface area contributed by atoms with Crippen molar-refractivity contribution < 1.29 is 14.7 Å². The molecule has 0 fully saturated rings. The Labute approximate surface area is 118 Å². The fourth-order valence-electron chi connectivity index (χ4n) is 1.65. The van der Waals surface area contributed by atoms with Crippen molar-refractivity contribution in [2.45, 2.75) is 20.3 Å². The van der Waals surface area contributed by atoms with E-state index in [1.54, 1.807) is 24.1 Å². The van der Waals surface area contributed by atoms with Gasteiger partial charge in [-0.05, 0) is 42.7 Å². The number of carbonyl (C=O) groups is 2. The standard InChI is InChI=1S/C15H20N2O3/c1-4-12-10-11(7-9-14(18)19)6-8-13(12)16-15(20)17(3)5-2/h6-10H,4-5H2,1-3H3,(H,16,20)(H,18,19)/b9-7+. The van der Waals surface area contributed by atoms with Gasteiger partial charge in [0.05, 0.1) is 0 Å². The van der Waals surface area contributed by atoms with Crippen LogP contribution in [-0.2, 0) is 11.2 Å². The topological polar surface area (TPSA) is 69.6 Å². The Morgan fingerprint density at radius 3 is 2.60 bits per heavy atom. The number of urea groups is 1. The van der Waals surface area contributed by atoms with E-state index in [1.165, 1.54) is 6.08 Å². The van der Waals surface area contributed by atoms with Crippen molar-refractivity contribution in [1.29, 1.82) is 0 Å². The largest absolute Gasteiger partial charge is 0.478 e. The van der Waals surface area contributed by atoms with Crippen LogP contribution in [0.4, 0.5) is 10.5 Å². The minimum atomic E-state index is -0.981. The second-order valence-electron chi connectivity index (χ2n) is 4.39. The normalized spacial score (nSPS) is 10.6. The summed E-state index contributed by atoms with van der Waals surface area (Å²) in [6.07, 6.45) is 3.38. The lowest BCUT2D eigenvalue weighted by molar-refractivity contribution is -0.131. The van der Waals surface area contributed by atoms with Gasteiger partial charge in [-0.15, -0.1) is 0 Å². The number of nitrogens with one attached hydrogen (secondary N) is 1. The molecule has 1 aromatic carbocycles. The van der Waals surface area contributed by atoms with Crippen LogP contribution in [0.5, 0.6) is 0 Å². The molecule has 0 radical (unpaired) electrons. The van der Waals surface area contributed by atoms with Crippen molar-refractivity contribution in [1.82, 2.24) is 4.90 Å². The Balaban J connectivity index is 2.93. The summed E-state index contributed by atoms with van der Waals surface area (Å²) in [5.74, 6) is -0.981. The van der Waals surface area contributed by atoms with Gasteiger partial charge in [-0.25, -0.2) is 9.59 Å². The predicted molar refractivity (Wildman–Crippen MR) is 79.8 cm³/mol. The highest BCUT2D eigenvalue weighted by Gasteiger charge is 2.09. The Morgan fingerprint density at radius 1 is 1.35 bits per heavy atom. The summed E-state index contributed by atoms with van der Waals surface area (Å²) in [4.78, 5) is 23.9. The van der Waals surface area contributed by atoms with Gasteiger partial charge in [-0.2, -0.15) is 0 Å². The average molecular weight is 276 g/mol. The summed E-state index contributed by atoms with van der Waals surface area (Å²) in [5.41, 5.74) is 2.52. The molecule has 0 spiro atoms. The SMILES string of the molecule is CCc1cc(/C=C/C(=O)O)ccc1NC(=O)N(C)CC. The highest BCUT2D eigenvalue weighted by atomic mass is 16.4. The number of hydrogen-bond acceptors (Lipinski definition) is 2. The maximum absolute atomic E-state index is 11.8. The lowest BCUT2D eigenvalue weighted by Crippen LogP contribution is -2.31. The average Bonchev–Trinajstić information content (AvgIpc) is 2.44. The van der Waals surface area contributed by atoms with Gasteiger partial charge in [0.25, 0.3) is 0 Å². The predicted octanol–water partition coefficient (Wildman–Crippen LogP) is 2.83. The molecule has 20 heavy (non-hydrogen) atoms. The number of carbonyl (C=O) groups excluding carboxylic acids is 1. The van der Waals surface area contributed by atoms with E-state index in [1.807, 2.05) is 19.9 Å². The van der Waals surface area contributed by atoms with Gasteiger partial charge < -0.3 is 15.3 Å². The molecule has 108 valence electrons. The molecule has 0 heterocycles. The number of anilines is 1. The molecule has 0 aliphatic rings. The minimum absolute atomic E-state index is 0.156. The number of aliphatic carboxylic acids is 1. The molecule has 1 rings (SSSR count). The maximum Gasteiger partial charge on any atom is 0.328 e. The molecule has 0 bridgehead atoms. The van der Waals surface area contributed by atoms with Crippen molar-refractivity contribution in [3.63, 3.8) is 0 Å². The van der Waals surface area contributed by atoms with Gasteiger partial charge >= 0.3 is 12.0 Å². The lowest BCUT2D eigenvalue weighted by Gasteiger charge is -2.17. The molecule has 0 saturated heterocycles. The molecular formula is C15H20N2O3. The van der Waals surface area contributed by atoms with Crippen LogP contribution in [0.25, 0.3) is 6.08 Å². The molecule has 1 aromatic rings. The highest BCUT2D eigenvalue weighted by molar-refractivity contribution is 5.90. The second-order valence-corrected chi connectivity index (χ2v) is 4.39. The van der Waals surface area contributed by atoms with Gasteiger partial charge in [0, 0.05) is 25.4 Å². The first kappa shape index (κ1) is 15.8. The smallest absolute Gasteiger partial charge is 0.328 e. The van der Waals surface area contributed by atoms with Crippen molar-refractivity contribution in [3.8, 4) is 0 Å². The van der Waals surface area contributed by atoms with Crippen LogP contribution in [0.1, 0.15) is 25.0 Å². The van der Waals surface area contributed by atoms with E-state index in [-0.39, 0.29) is 6.03 Å². The van der Waals surface area contributed by atoms with Crippen LogP contribution in [0.2, 0.25) is 0 Å². The molecule has 0 aliphatic heterocycles. The number of carboxylic acids is 1. The molecule has 0 aromatic heterocycles. The quantitative estimate of drug-likeness (QED) is 0.812. The lowest BCUT2D eigenvalue weighted by atomic mass is 10.1. The molecule has 5 heteroatoms. The number of benzene rings is 1. The number of rotatable bonds is 5. The molecule has 2 amide bonds. The zero-order valence-corrected chi connectivity index (χ0v) is 12.0. The number of hydrogen-bond donors (Lipinski definition) is 2. The second kappa shape index (κ2) is 7.33. The summed E-state index contributed by atoms with van der Waals surface area (Å²) >= 11 is 0. The van der Waals surface area contributed by atoms with Gasteiger partial charge in [0.1, 0.15) is 0 Å². The summed E-state index contributed by atoms with van der Waals surface area (Å²) in [5, 5.41) is 11.5. The van der Waals surface area contributed by atoms with Crippen LogP contribution >= 0.6 is 0 Å². The van der Waals surface area contributed by atoms with Crippen LogP contribution < -0.4 is 5.32 Å². The van der Waals surface area contributed by atoms with Crippen LogP contribution in [0.15, 0.2) is 24.3 Å². The number of carboxylic acid groups (broad SMARTS) is 1. The number of nitrogens with zero attached hydrogens (tertiary/aromatic N) is 1. The number of amides is 2. The van der Waals surface area contributed by atoms with Crippen LogP contribution in [0, 0.1) is 0 Å². The third-order valence-corrected chi connectivity index (χ3v) is 2.99. The zero-order chi connectivity index (χ0) is 15.1. The summed E-state index contributed by atoms with van der Waals surface area (Å²) in [6.45, 7) is 4.52. The molecule has 5 nitrogen and oxygen atoms in total. The van der Waals surface area contributed by atoms with E-state index in [0.29, 0.717) is 6.54 Å². The third kappa shape index (κ3) is 4.42. The van der Waals surface area contributed by atoms with Crippen LogP contribution in [0.3, 0.4) is 0 Å². The molecule has 0 unspecified atom stereocenters.